The number of nitrogens with zero attached hydrogens (tertiary/aromatic N) is 3. The van der Waals surface area contributed by atoms with Gasteiger partial charge in [-0.2, -0.15) is 0 Å². The summed E-state index contributed by atoms with van der Waals surface area (Å²) in [6, 6.07) is 0. The molecule has 3 aliphatic rings. The average molecular weight is 353 g/mol. The number of aryl methyl sites for hydroxylation is 1. The molecule has 1 saturated heterocycles. The highest BCUT2D eigenvalue weighted by Gasteiger charge is 2.58. The Bertz CT molecular complexity index is 729. The van der Waals surface area contributed by atoms with Gasteiger partial charge in [-0.05, 0) is 13.3 Å². The number of carbonyl (C=O) groups is 2. The molecule has 2 N–H and O–H groups in total. The van der Waals surface area contributed by atoms with E-state index in [-0.39, 0.29) is 22.2 Å². The van der Waals surface area contributed by atoms with Crippen LogP contribution in [0.1, 0.15) is 24.3 Å². The van der Waals surface area contributed by atoms with Crippen LogP contribution in [0.4, 0.5) is 0 Å². The van der Waals surface area contributed by atoms with Gasteiger partial charge in [0.2, 0.25) is 5.91 Å². The number of aliphatic carboxylic acids is 1. The second-order valence-electron chi connectivity index (χ2n) is 5.83. The number of fused-ring (bicyclic) bond motifs is 2. The predicted molar refractivity (Wildman–Crippen MR) is 85.2 cm³/mol. The number of carboxylic acid groups (broad SMARTS) is 1. The summed E-state index contributed by atoms with van der Waals surface area (Å²) in [5.41, 5.74) is 1.14. The van der Waals surface area contributed by atoms with E-state index in [1.807, 2.05) is 6.20 Å². The average Bonchev–Trinajstić information content (AvgIpc) is 3.13. The zero-order valence-corrected chi connectivity index (χ0v) is 13.9. The van der Waals surface area contributed by atoms with Crippen LogP contribution >= 0.6 is 23.5 Å². The number of hydrogen-bond donors (Lipinski definition) is 2. The molecule has 4 rings (SSSR count). The zero-order valence-electron chi connectivity index (χ0n) is 12.2. The maximum Gasteiger partial charge on any atom is 0.354 e. The van der Waals surface area contributed by atoms with Crippen LogP contribution in [0.3, 0.4) is 0 Å². The normalized spacial score (nSPS) is 30.3. The molecule has 1 aromatic rings. The number of aliphatic hydroxyl groups excluding tert-OH is 1. The number of carbonyl (C=O) groups excluding carboxylic acids is 1. The standard InChI is InChI=1S/C14H15N3O4S2/c1-6(18)9-11(19)17-10(13(20)21)14(23-12(9)17)22-8-2-3-16-5-15-4-7(8)16/h4-6,8-9,12,18H,2-3H2,1H3,(H,20,21)/t6-,8?,9-,12+/m1/s1. The number of thioether (sulfide) groups is 2. The van der Waals surface area contributed by atoms with Gasteiger partial charge in [0.05, 0.1) is 33.5 Å². The first-order valence-corrected chi connectivity index (χ1v) is 9.07. The predicted octanol–water partition coefficient (Wildman–Crippen LogP) is 1.23. The summed E-state index contributed by atoms with van der Waals surface area (Å²) in [5, 5.41) is 19.1. The highest BCUT2D eigenvalue weighted by Crippen LogP contribution is 2.57. The Morgan fingerprint density at radius 1 is 1.57 bits per heavy atom. The van der Waals surface area contributed by atoms with Gasteiger partial charge in [0.25, 0.3) is 0 Å². The number of β-lactam (4-membered cyclic amide) rings is 1. The van der Waals surface area contributed by atoms with Gasteiger partial charge in [-0.1, -0.05) is 11.8 Å². The van der Waals surface area contributed by atoms with Crippen LogP contribution in [0.25, 0.3) is 0 Å². The molecule has 0 spiro atoms. The molecular formula is C14H15N3O4S2. The molecule has 0 aromatic carbocycles. The van der Waals surface area contributed by atoms with Crippen LogP contribution in [0.15, 0.2) is 22.5 Å². The smallest absolute Gasteiger partial charge is 0.354 e. The van der Waals surface area contributed by atoms with E-state index in [0.29, 0.717) is 4.24 Å². The minimum Gasteiger partial charge on any atom is -0.477 e. The van der Waals surface area contributed by atoms with Crippen molar-refractivity contribution in [1.29, 1.82) is 0 Å². The van der Waals surface area contributed by atoms with E-state index in [2.05, 4.69) is 9.55 Å². The Kier molecular flexibility index (Phi) is 3.47. The lowest BCUT2D eigenvalue weighted by atomic mass is 9.92. The fraction of sp³-hybridized carbons (Fsp3) is 0.500. The van der Waals surface area contributed by atoms with E-state index in [1.165, 1.54) is 28.4 Å². The molecule has 0 bridgehead atoms. The molecular weight excluding hydrogens is 338 g/mol. The Balaban J connectivity index is 1.61. The van der Waals surface area contributed by atoms with Crippen molar-refractivity contribution in [3.63, 3.8) is 0 Å². The summed E-state index contributed by atoms with van der Waals surface area (Å²) < 4.78 is 2.72. The highest BCUT2D eigenvalue weighted by atomic mass is 32.2. The van der Waals surface area contributed by atoms with Gasteiger partial charge in [-0.3, -0.25) is 9.69 Å². The van der Waals surface area contributed by atoms with Crippen LogP contribution in [-0.4, -0.2) is 48.0 Å². The third kappa shape index (κ3) is 2.14. The summed E-state index contributed by atoms with van der Waals surface area (Å²) >= 11 is 2.87. The third-order valence-corrected chi connectivity index (χ3v) is 7.32. The third-order valence-electron chi connectivity index (χ3n) is 4.42. The Labute approximate surface area is 140 Å². The van der Waals surface area contributed by atoms with Crippen molar-refractivity contribution in [3.05, 3.63) is 28.2 Å². The van der Waals surface area contributed by atoms with E-state index in [0.717, 1.165) is 18.7 Å². The molecule has 1 fully saturated rings. The summed E-state index contributed by atoms with van der Waals surface area (Å²) in [6.45, 7) is 2.44. The summed E-state index contributed by atoms with van der Waals surface area (Å²) in [6.07, 6.45) is 3.73. The number of aliphatic hydroxyl groups is 1. The van der Waals surface area contributed by atoms with E-state index < -0.39 is 18.0 Å². The van der Waals surface area contributed by atoms with Crippen LogP contribution in [-0.2, 0) is 16.1 Å². The maximum atomic E-state index is 12.2. The van der Waals surface area contributed by atoms with Gasteiger partial charge in [-0.25, -0.2) is 9.78 Å². The van der Waals surface area contributed by atoms with Crippen LogP contribution in [0, 0.1) is 5.92 Å². The van der Waals surface area contributed by atoms with Crippen molar-refractivity contribution in [2.75, 3.05) is 0 Å². The van der Waals surface area contributed by atoms with Gasteiger partial charge in [0, 0.05) is 12.7 Å². The fourth-order valence-corrected chi connectivity index (χ4v) is 6.56. The monoisotopic (exact) mass is 353 g/mol. The molecule has 0 radical (unpaired) electrons. The van der Waals surface area contributed by atoms with Crippen molar-refractivity contribution in [1.82, 2.24) is 14.5 Å². The fourth-order valence-electron chi connectivity index (χ4n) is 3.27. The quantitative estimate of drug-likeness (QED) is 0.786. The molecule has 3 aliphatic heterocycles. The highest BCUT2D eigenvalue weighted by molar-refractivity contribution is 8.22. The number of hydrogen-bond acceptors (Lipinski definition) is 6. The lowest BCUT2D eigenvalue weighted by Gasteiger charge is -2.43. The SMILES string of the molecule is C[C@@H](O)[C@@H]1C(=O)N2C(C(=O)O)=C(SC3CCn4cncc43)S[C@@H]12. The number of imidazole rings is 1. The van der Waals surface area contributed by atoms with Crippen molar-refractivity contribution < 1.29 is 19.8 Å². The first-order chi connectivity index (χ1) is 11.0. The molecule has 0 aliphatic carbocycles. The topological polar surface area (TPSA) is 95.7 Å². The Morgan fingerprint density at radius 3 is 3.04 bits per heavy atom. The largest absolute Gasteiger partial charge is 0.477 e. The van der Waals surface area contributed by atoms with E-state index in [9.17, 15) is 19.8 Å². The molecule has 0 saturated carbocycles. The second-order valence-corrected chi connectivity index (χ2v) is 8.43. The van der Waals surface area contributed by atoms with E-state index in [1.54, 1.807) is 13.3 Å². The van der Waals surface area contributed by atoms with Crippen molar-refractivity contribution in [3.8, 4) is 0 Å². The van der Waals surface area contributed by atoms with Crippen molar-refractivity contribution in [2.45, 2.75) is 36.6 Å². The number of aromatic nitrogens is 2. The van der Waals surface area contributed by atoms with Crippen molar-refractivity contribution >= 4 is 35.4 Å². The van der Waals surface area contributed by atoms with Gasteiger partial charge >= 0.3 is 5.97 Å². The molecule has 9 heteroatoms. The molecule has 1 amide bonds. The molecule has 4 atom stereocenters. The van der Waals surface area contributed by atoms with Crippen molar-refractivity contribution in [2.24, 2.45) is 5.92 Å². The van der Waals surface area contributed by atoms with E-state index >= 15 is 0 Å². The van der Waals surface area contributed by atoms with Gasteiger partial charge < -0.3 is 14.8 Å². The minimum absolute atomic E-state index is 0.0601. The first kappa shape index (κ1) is 15.1. The van der Waals surface area contributed by atoms with E-state index in [4.69, 9.17) is 0 Å². The van der Waals surface area contributed by atoms with Gasteiger partial charge in [0.15, 0.2) is 5.70 Å². The van der Waals surface area contributed by atoms with Crippen LogP contribution in [0.5, 0.6) is 0 Å². The summed E-state index contributed by atoms with van der Waals surface area (Å²) in [7, 11) is 0. The van der Waals surface area contributed by atoms with Crippen LogP contribution in [0.2, 0.25) is 0 Å². The number of rotatable bonds is 4. The summed E-state index contributed by atoms with van der Waals surface area (Å²) in [5.74, 6) is -1.92. The number of amides is 1. The number of carboxylic acids is 1. The molecule has 1 aromatic heterocycles. The second kappa shape index (κ2) is 5.29. The molecule has 23 heavy (non-hydrogen) atoms. The molecule has 1 unspecified atom stereocenters. The summed E-state index contributed by atoms with van der Waals surface area (Å²) in [4.78, 5) is 29.2. The van der Waals surface area contributed by atoms with Gasteiger partial charge in [0.1, 0.15) is 5.37 Å². The Hall–Kier alpha value is -1.45. The first-order valence-electron chi connectivity index (χ1n) is 7.31. The molecule has 4 heterocycles. The lowest BCUT2D eigenvalue weighted by molar-refractivity contribution is -0.156. The molecule has 122 valence electrons. The lowest BCUT2D eigenvalue weighted by Crippen LogP contribution is -2.60. The van der Waals surface area contributed by atoms with Gasteiger partial charge in [-0.15, -0.1) is 11.8 Å². The molecule has 7 nitrogen and oxygen atoms in total. The minimum atomic E-state index is -1.09. The maximum absolute atomic E-state index is 12.2. The zero-order chi connectivity index (χ0) is 16.3. The van der Waals surface area contributed by atoms with Crippen LogP contribution < -0.4 is 0 Å². The Morgan fingerprint density at radius 2 is 2.35 bits per heavy atom.